The van der Waals surface area contributed by atoms with Crippen LogP contribution in [0.2, 0.25) is 5.02 Å². The van der Waals surface area contributed by atoms with Gasteiger partial charge in [-0.2, -0.15) is 0 Å². The van der Waals surface area contributed by atoms with Gasteiger partial charge in [0, 0.05) is 11.6 Å². The summed E-state index contributed by atoms with van der Waals surface area (Å²) in [4.78, 5) is 27.9. The van der Waals surface area contributed by atoms with Gasteiger partial charge in [-0.15, -0.1) is 0 Å². The lowest BCUT2D eigenvalue weighted by molar-refractivity contribution is -0.135. The minimum atomic E-state index is -0.991. The predicted octanol–water partition coefficient (Wildman–Crippen LogP) is 1.28. The highest BCUT2D eigenvalue weighted by Crippen LogP contribution is 2.34. The number of benzene rings is 1. The molecule has 0 bridgehead atoms. The van der Waals surface area contributed by atoms with E-state index in [1.54, 1.807) is 12.1 Å². The Morgan fingerprint density at radius 3 is 2.68 bits per heavy atom. The number of pyridine rings is 1. The number of carbonyl (C=O) groups excluding carboxylic acids is 2. The zero-order valence-electron chi connectivity index (χ0n) is 11.1. The second kappa shape index (κ2) is 5.51. The van der Waals surface area contributed by atoms with E-state index in [-0.39, 0.29) is 17.3 Å². The quantitative estimate of drug-likeness (QED) is 0.568. The molecule has 1 aliphatic rings. The van der Waals surface area contributed by atoms with Crippen LogP contribution in [0.15, 0.2) is 24.4 Å². The number of amides is 2. The molecule has 0 radical (unpaired) electrons. The Kier molecular flexibility index (Phi) is 3.67. The highest BCUT2D eigenvalue weighted by Gasteiger charge is 2.33. The number of phenolic OH excluding ortho intramolecular Hbond substituents is 1. The molecule has 8 heteroatoms. The molecule has 1 aliphatic heterocycles. The Morgan fingerprint density at radius 1 is 1.32 bits per heavy atom. The van der Waals surface area contributed by atoms with Gasteiger partial charge in [-0.05, 0) is 42.4 Å². The fraction of sp³-hybridized carbons (Fsp3) is 0.143. The second-order valence-corrected chi connectivity index (χ2v) is 5.65. The van der Waals surface area contributed by atoms with Crippen LogP contribution < -0.4 is 10.6 Å². The number of nitrogens with one attached hydrogen (secondary N) is 2. The van der Waals surface area contributed by atoms with Crippen LogP contribution in [0.3, 0.4) is 0 Å². The zero-order valence-corrected chi connectivity index (χ0v) is 12.7. The van der Waals surface area contributed by atoms with Crippen LogP contribution in [0.4, 0.5) is 0 Å². The van der Waals surface area contributed by atoms with Crippen molar-refractivity contribution in [3.63, 3.8) is 0 Å². The molecule has 3 N–H and O–H groups in total. The molecule has 22 heavy (non-hydrogen) atoms. The number of aromatic hydroxyl groups is 1. The van der Waals surface area contributed by atoms with Gasteiger partial charge in [-0.1, -0.05) is 11.6 Å². The Morgan fingerprint density at radius 2 is 2.00 bits per heavy atom. The van der Waals surface area contributed by atoms with E-state index in [0.29, 0.717) is 21.5 Å². The minimum Gasteiger partial charge on any atom is -0.505 e. The van der Waals surface area contributed by atoms with Crippen LogP contribution in [0, 0.1) is 5.92 Å². The summed E-state index contributed by atoms with van der Waals surface area (Å²) in [6, 6.07) is 4.97. The number of fused-ring (bicyclic) bond motifs is 1. The van der Waals surface area contributed by atoms with Crippen LogP contribution in [-0.2, 0) is 16.0 Å². The molecule has 1 aromatic heterocycles. The molecule has 0 atom stereocenters. The van der Waals surface area contributed by atoms with E-state index in [1.165, 1.54) is 12.3 Å². The fourth-order valence-electron chi connectivity index (χ4n) is 2.35. The molecule has 3 rings (SSSR count). The lowest BCUT2D eigenvalue weighted by atomic mass is 9.95. The molecule has 1 aromatic carbocycles. The molecular formula is C14H10ClN3O3S. The molecule has 6 nitrogen and oxygen atoms in total. The maximum absolute atomic E-state index is 11.9. The van der Waals surface area contributed by atoms with Gasteiger partial charge < -0.3 is 15.7 Å². The molecule has 112 valence electrons. The van der Waals surface area contributed by atoms with Crippen LogP contribution in [-0.4, -0.2) is 27.0 Å². The maximum atomic E-state index is 11.9. The van der Waals surface area contributed by atoms with Gasteiger partial charge in [0.1, 0.15) is 17.2 Å². The summed E-state index contributed by atoms with van der Waals surface area (Å²) >= 11 is 10.9. The van der Waals surface area contributed by atoms with E-state index >= 15 is 0 Å². The molecule has 0 aliphatic carbocycles. The van der Waals surface area contributed by atoms with Gasteiger partial charge in [-0.3, -0.25) is 14.6 Å². The van der Waals surface area contributed by atoms with E-state index in [9.17, 15) is 14.7 Å². The number of nitrogens with zero attached hydrogens (tertiary/aromatic N) is 1. The third kappa shape index (κ3) is 2.49. The number of thiocarbonyl (C=S) groups is 1. The van der Waals surface area contributed by atoms with Gasteiger partial charge >= 0.3 is 0 Å². The highest BCUT2D eigenvalue weighted by molar-refractivity contribution is 7.80. The number of carbonyl (C=O) groups is 2. The highest BCUT2D eigenvalue weighted by atomic mass is 35.5. The molecule has 2 heterocycles. The Bertz CT molecular complexity index is 804. The topological polar surface area (TPSA) is 91.3 Å². The normalized spacial score (nSPS) is 15.8. The fourth-order valence-corrected chi connectivity index (χ4v) is 2.83. The molecule has 2 amide bonds. The Labute approximate surface area is 135 Å². The average Bonchev–Trinajstić information content (AvgIpc) is 2.47. The van der Waals surface area contributed by atoms with Crippen molar-refractivity contribution < 1.29 is 14.7 Å². The molecule has 0 saturated carbocycles. The van der Waals surface area contributed by atoms with E-state index < -0.39 is 17.7 Å². The molecule has 0 spiro atoms. The van der Waals surface area contributed by atoms with Gasteiger partial charge in [-0.25, -0.2) is 0 Å². The average molecular weight is 336 g/mol. The van der Waals surface area contributed by atoms with Crippen molar-refractivity contribution in [3.05, 3.63) is 35.0 Å². The first-order valence-corrected chi connectivity index (χ1v) is 7.16. The summed E-state index contributed by atoms with van der Waals surface area (Å²) in [5.41, 5.74) is 0.705. The van der Waals surface area contributed by atoms with Gasteiger partial charge in [0.25, 0.3) is 0 Å². The summed E-state index contributed by atoms with van der Waals surface area (Å²) in [5.74, 6) is -2.10. The van der Waals surface area contributed by atoms with E-state index in [0.717, 1.165) is 0 Å². The smallest absolute Gasteiger partial charge is 0.239 e. The van der Waals surface area contributed by atoms with Crippen LogP contribution in [0.25, 0.3) is 10.9 Å². The Hall–Kier alpha value is -2.25. The first-order valence-electron chi connectivity index (χ1n) is 6.38. The summed E-state index contributed by atoms with van der Waals surface area (Å²) in [5, 5.41) is 16.1. The van der Waals surface area contributed by atoms with Gasteiger partial charge in [0.05, 0.1) is 5.02 Å². The second-order valence-electron chi connectivity index (χ2n) is 4.83. The monoisotopic (exact) mass is 335 g/mol. The first-order chi connectivity index (χ1) is 10.5. The minimum absolute atomic E-state index is 0.00164. The van der Waals surface area contributed by atoms with Crippen molar-refractivity contribution in [2.24, 2.45) is 5.92 Å². The first kappa shape index (κ1) is 14.7. The SMILES string of the molecule is O=C1NC(=S)NC(=O)C1Cc1cc(Cl)c2cccnc2c1O. The van der Waals surface area contributed by atoms with E-state index in [4.69, 9.17) is 23.8 Å². The van der Waals surface area contributed by atoms with Crippen LogP contribution in [0.1, 0.15) is 5.56 Å². The van der Waals surface area contributed by atoms with Gasteiger partial charge in [0.2, 0.25) is 11.8 Å². The number of aromatic nitrogens is 1. The van der Waals surface area contributed by atoms with Crippen molar-refractivity contribution in [2.45, 2.75) is 6.42 Å². The summed E-state index contributed by atoms with van der Waals surface area (Å²) in [6.07, 6.45) is 1.53. The number of hydrogen-bond donors (Lipinski definition) is 3. The molecule has 1 fully saturated rings. The summed E-state index contributed by atoms with van der Waals surface area (Å²) < 4.78 is 0. The lowest BCUT2D eigenvalue weighted by Crippen LogP contribution is -2.56. The molecule has 2 aromatic rings. The number of phenols is 1. The number of rotatable bonds is 2. The van der Waals surface area contributed by atoms with Crippen molar-refractivity contribution in [3.8, 4) is 5.75 Å². The van der Waals surface area contributed by atoms with E-state index in [2.05, 4.69) is 15.6 Å². The van der Waals surface area contributed by atoms with Crippen LogP contribution in [0.5, 0.6) is 5.75 Å². The predicted molar refractivity (Wildman–Crippen MR) is 84.5 cm³/mol. The van der Waals surface area contributed by atoms with Crippen molar-refractivity contribution in [1.82, 2.24) is 15.6 Å². The van der Waals surface area contributed by atoms with E-state index in [1.807, 2.05) is 0 Å². The summed E-state index contributed by atoms with van der Waals surface area (Å²) in [7, 11) is 0. The number of halogens is 1. The number of hydrogen-bond acceptors (Lipinski definition) is 5. The van der Waals surface area contributed by atoms with Crippen molar-refractivity contribution in [2.75, 3.05) is 0 Å². The molecule has 1 saturated heterocycles. The third-order valence-corrected chi connectivity index (χ3v) is 3.94. The molecular weight excluding hydrogens is 326 g/mol. The maximum Gasteiger partial charge on any atom is 0.239 e. The zero-order chi connectivity index (χ0) is 15.9. The Balaban J connectivity index is 2.01. The summed E-state index contributed by atoms with van der Waals surface area (Å²) in [6.45, 7) is 0. The van der Waals surface area contributed by atoms with Crippen molar-refractivity contribution >= 4 is 51.6 Å². The van der Waals surface area contributed by atoms with Crippen LogP contribution >= 0.6 is 23.8 Å². The standard InChI is InChI=1S/C14H10ClN3O3S/c15-9-5-6(11(19)10-7(9)2-1-3-16-10)4-8-12(20)17-14(22)18-13(8)21/h1-3,5,8,19H,4H2,(H2,17,18,20,21,22). The van der Waals surface area contributed by atoms with Crippen molar-refractivity contribution in [1.29, 1.82) is 0 Å². The lowest BCUT2D eigenvalue weighted by Gasteiger charge is -2.22. The van der Waals surface area contributed by atoms with Gasteiger partial charge in [0.15, 0.2) is 5.11 Å². The molecule has 0 unspecified atom stereocenters. The third-order valence-electron chi connectivity index (χ3n) is 3.42. The largest absolute Gasteiger partial charge is 0.505 e.